The van der Waals surface area contributed by atoms with Crippen molar-refractivity contribution in [3.8, 4) is 11.4 Å². The van der Waals surface area contributed by atoms with Crippen LogP contribution in [-0.4, -0.2) is 35.9 Å². The molecule has 2 heterocycles. The molecule has 0 saturated heterocycles. The summed E-state index contributed by atoms with van der Waals surface area (Å²) in [5.41, 5.74) is 27.0. The molecule has 3 rings (SSSR count). The molecule has 0 unspecified atom stereocenters. The Kier molecular flexibility index (Phi) is 5.56. The van der Waals surface area contributed by atoms with E-state index < -0.39 is 6.03 Å². The number of benzene rings is 1. The van der Waals surface area contributed by atoms with Crippen LogP contribution in [0.1, 0.15) is 0 Å². The Bertz CT molecular complexity index is 860. The van der Waals surface area contributed by atoms with Crippen LogP contribution in [0.2, 0.25) is 0 Å². The van der Waals surface area contributed by atoms with Gasteiger partial charge in [-0.15, -0.1) is 0 Å². The first-order valence-corrected chi connectivity index (χ1v) is 6.99. The van der Waals surface area contributed by atoms with Gasteiger partial charge in [0.25, 0.3) is 0 Å². The topological polar surface area (TPSA) is 237 Å². The number of aromatic nitrogens is 6. The van der Waals surface area contributed by atoms with Gasteiger partial charge in [0.15, 0.2) is 5.82 Å². The van der Waals surface area contributed by atoms with Crippen molar-refractivity contribution in [1.29, 1.82) is 0 Å². The second-order valence-electron chi connectivity index (χ2n) is 4.61. The molecule has 3 aromatic rings. The van der Waals surface area contributed by atoms with E-state index >= 15 is 0 Å². The number of nitrogens with zero attached hydrogens (tertiary/aromatic N) is 6. The summed E-state index contributed by atoms with van der Waals surface area (Å²) in [6.45, 7) is 0. The van der Waals surface area contributed by atoms with E-state index in [0.29, 0.717) is 5.82 Å². The molecular weight excluding hydrogens is 340 g/mol. The molecule has 0 bridgehead atoms. The van der Waals surface area contributed by atoms with Gasteiger partial charge in [-0.3, -0.25) is 5.32 Å². The van der Waals surface area contributed by atoms with Gasteiger partial charge in [-0.25, -0.2) is 4.79 Å². The lowest BCUT2D eigenvalue weighted by molar-refractivity contribution is 0.259. The molecule has 13 heteroatoms. The summed E-state index contributed by atoms with van der Waals surface area (Å²) < 4.78 is 0. The fraction of sp³-hybridized carbons (Fsp3) is 0. The number of rotatable bonds is 2. The summed E-state index contributed by atoms with van der Waals surface area (Å²) in [7, 11) is 0. The third-order valence-corrected chi connectivity index (χ3v) is 2.61. The van der Waals surface area contributed by atoms with Crippen molar-refractivity contribution >= 4 is 35.8 Å². The van der Waals surface area contributed by atoms with Crippen LogP contribution in [0.5, 0.6) is 0 Å². The standard InChI is InChI=1S/C9H9N5.C4H7N7O/c10-8-12-7(13-9(11)14-8)6-4-2-1-3-5-6;5-1-8-2(6)10-4(9-1)11-3(7)12/h1-5H,(H4,10,11,12,13,14);(H7,5,6,7,8,9,10,11,12). The molecule has 0 aliphatic carbocycles. The average molecular weight is 356 g/mol. The second-order valence-corrected chi connectivity index (χ2v) is 4.61. The number of urea groups is 1. The maximum absolute atomic E-state index is 10.3. The third kappa shape index (κ3) is 5.41. The fourth-order valence-electron chi connectivity index (χ4n) is 1.70. The van der Waals surface area contributed by atoms with Crippen molar-refractivity contribution in [2.75, 3.05) is 28.3 Å². The first kappa shape index (κ1) is 18.1. The molecule has 26 heavy (non-hydrogen) atoms. The molecule has 0 atom stereocenters. The Balaban J connectivity index is 0.000000190. The van der Waals surface area contributed by atoms with E-state index in [-0.39, 0.29) is 29.7 Å². The van der Waals surface area contributed by atoms with Crippen LogP contribution in [-0.2, 0) is 0 Å². The molecule has 0 aliphatic rings. The SMILES string of the molecule is NC(=O)Nc1nc(N)nc(N)n1.Nc1nc(N)nc(-c2ccccc2)n1. The molecule has 13 nitrogen and oxygen atoms in total. The molecule has 0 fully saturated rings. The Morgan fingerprint density at radius 3 is 1.65 bits per heavy atom. The molecule has 2 amide bonds. The van der Waals surface area contributed by atoms with Crippen LogP contribution < -0.4 is 34.0 Å². The van der Waals surface area contributed by atoms with Crippen LogP contribution in [0.25, 0.3) is 11.4 Å². The molecule has 11 N–H and O–H groups in total. The van der Waals surface area contributed by atoms with Gasteiger partial charge >= 0.3 is 6.03 Å². The number of nitrogens with two attached hydrogens (primary N) is 5. The van der Waals surface area contributed by atoms with E-state index in [4.69, 9.17) is 28.7 Å². The van der Waals surface area contributed by atoms with Gasteiger partial charge in [0, 0.05) is 5.56 Å². The molecule has 134 valence electrons. The number of hydrogen-bond acceptors (Lipinski definition) is 11. The van der Waals surface area contributed by atoms with Gasteiger partial charge in [-0.2, -0.15) is 29.9 Å². The second kappa shape index (κ2) is 8.00. The van der Waals surface area contributed by atoms with Crippen molar-refractivity contribution in [3.05, 3.63) is 30.3 Å². The summed E-state index contributed by atoms with van der Waals surface area (Å²) in [5, 5.41) is 2.10. The Morgan fingerprint density at radius 2 is 1.19 bits per heavy atom. The van der Waals surface area contributed by atoms with Crippen LogP contribution in [0.3, 0.4) is 0 Å². The van der Waals surface area contributed by atoms with Crippen LogP contribution >= 0.6 is 0 Å². The minimum atomic E-state index is -0.792. The molecule has 2 aromatic heterocycles. The van der Waals surface area contributed by atoms with Crippen LogP contribution in [0.4, 0.5) is 34.5 Å². The first-order valence-electron chi connectivity index (χ1n) is 6.99. The van der Waals surface area contributed by atoms with Gasteiger partial charge in [0.1, 0.15) is 0 Å². The third-order valence-electron chi connectivity index (χ3n) is 2.61. The van der Waals surface area contributed by atoms with Gasteiger partial charge < -0.3 is 28.7 Å². The van der Waals surface area contributed by atoms with Gasteiger partial charge in [-0.05, 0) is 0 Å². The van der Waals surface area contributed by atoms with Crippen molar-refractivity contribution in [3.63, 3.8) is 0 Å². The summed E-state index contributed by atoms with van der Waals surface area (Å²) >= 11 is 0. The number of nitrogens with one attached hydrogen (secondary N) is 1. The van der Waals surface area contributed by atoms with E-state index in [1.54, 1.807) is 0 Å². The highest BCUT2D eigenvalue weighted by molar-refractivity contribution is 5.85. The van der Waals surface area contributed by atoms with Gasteiger partial charge in [0.2, 0.25) is 29.7 Å². The van der Waals surface area contributed by atoms with Crippen molar-refractivity contribution in [1.82, 2.24) is 29.9 Å². The Morgan fingerprint density at radius 1 is 0.731 bits per heavy atom. The smallest absolute Gasteiger partial charge is 0.319 e. The summed E-state index contributed by atoms with van der Waals surface area (Å²) in [6.07, 6.45) is 0. The van der Waals surface area contributed by atoms with Crippen LogP contribution in [0, 0.1) is 0 Å². The Labute approximate surface area is 147 Å². The molecular formula is C13H16N12O. The minimum Gasteiger partial charge on any atom is -0.368 e. The number of carbonyl (C=O) groups excluding carboxylic acids is 1. The van der Waals surface area contributed by atoms with Crippen LogP contribution in [0.15, 0.2) is 30.3 Å². The Hall–Kier alpha value is -4.29. The van der Waals surface area contributed by atoms with Crippen molar-refractivity contribution in [2.45, 2.75) is 0 Å². The molecule has 0 aliphatic heterocycles. The highest BCUT2D eigenvalue weighted by Crippen LogP contribution is 2.14. The summed E-state index contributed by atoms with van der Waals surface area (Å²) in [5.74, 6) is 0.549. The van der Waals surface area contributed by atoms with Gasteiger partial charge in [0.05, 0.1) is 0 Å². The predicted molar refractivity (Wildman–Crippen MR) is 95.9 cm³/mol. The first-order chi connectivity index (χ1) is 12.3. The van der Waals surface area contributed by atoms with E-state index in [2.05, 4.69) is 35.2 Å². The number of hydrogen-bond donors (Lipinski definition) is 6. The zero-order valence-electron chi connectivity index (χ0n) is 13.4. The highest BCUT2D eigenvalue weighted by Gasteiger charge is 2.03. The van der Waals surface area contributed by atoms with E-state index in [1.165, 1.54) is 0 Å². The normalized spacial score (nSPS) is 9.69. The van der Waals surface area contributed by atoms with Crippen molar-refractivity contribution < 1.29 is 4.79 Å². The van der Waals surface area contributed by atoms with E-state index in [0.717, 1.165) is 5.56 Å². The summed E-state index contributed by atoms with van der Waals surface area (Å²) in [6, 6.07) is 8.68. The largest absolute Gasteiger partial charge is 0.368 e. The predicted octanol–water partition coefficient (Wildman–Crippen LogP) is -0.770. The minimum absolute atomic E-state index is 0.0625. The number of nitrogen functional groups attached to an aromatic ring is 4. The lowest BCUT2D eigenvalue weighted by Crippen LogP contribution is -2.21. The molecule has 1 aromatic carbocycles. The summed E-state index contributed by atoms with van der Waals surface area (Å²) in [4.78, 5) is 32.5. The quantitative estimate of drug-likeness (QED) is 0.333. The zero-order chi connectivity index (χ0) is 19.1. The van der Waals surface area contributed by atoms with E-state index in [1.807, 2.05) is 30.3 Å². The lowest BCUT2D eigenvalue weighted by Gasteiger charge is -2.00. The van der Waals surface area contributed by atoms with Crippen molar-refractivity contribution in [2.24, 2.45) is 5.73 Å². The monoisotopic (exact) mass is 356 g/mol. The number of amides is 2. The maximum Gasteiger partial charge on any atom is 0.319 e. The zero-order valence-corrected chi connectivity index (χ0v) is 13.4. The highest BCUT2D eigenvalue weighted by atomic mass is 16.2. The number of anilines is 5. The molecule has 0 radical (unpaired) electrons. The maximum atomic E-state index is 10.3. The lowest BCUT2D eigenvalue weighted by atomic mass is 10.2. The average Bonchev–Trinajstić information content (AvgIpc) is 2.54. The number of carbonyl (C=O) groups is 1. The van der Waals surface area contributed by atoms with Gasteiger partial charge in [-0.1, -0.05) is 30.3 Å². The molecule has 0 saturated carbocycles. The molecule has 0 spiro atoms. The van der Waals surface area contributed by atoms with E-state index in [9.17, 15) is 4.79 Å². The number of primary amides is 1. The fourth-order valence-corrected chi connectivity index (χ4v) is 1.70.